The summed E-state index contributed by atoms with van der Waals surface area (Å²) in [5, 5.41) is 6.24. The van der Waals surface area contributed by atoms with Crippen molar-refractivity contribution in [1.29, 1.82) is 0 Å². The van der Waals surface area contributed by atoms with Crippen molar-refractivity contribution in [2.45, 2.75) is 33.6 Å². The molecule has 0 saturated carbocycles. The molecule has 1 aromatic heterocycles. The van der Waals surface area contributed by atoms with Gasteiger partial charge in [0.1, 0.15) is 23.1 Å². The number of amides is 1. The predicted molar refractivity (Wildman–Crippen MR) is 116 cm³/mol. The first kappa shape index (κ1) is 20.3. The van der Waals surface area contributed by atoms with Crippen molar-refractivity contribution < 1.29 is 9.53 Å². The van der Waals surface area contributed by atoms with Gasteiger partial charge in [-0.3, -0.25) is 4.79 Å². The molecule has 0 aliphatic rings. The van der Waals surface area contributed by atoms with Crippen LogP contribution in [0.4, 0.5) is 17.2 Å². The van der Waals surface area contributed by atoms with E-state index in [0.717, 1.165) is 22.5 Å². The monoisotopic (exact) mass is 390 g/mol. The van der Waals surface area contributed by atoms with Gasteiger partial charge in [0, 0.05) is 11.8 Å². The van der Waals surface area contributed by atoms with Crippen LogP contribution in [-0.2, 0) is 0 Å². The standard InChI is InChI=1S/C23H26N4O2/c1-14(2)17-10-8-9-15(3)22(17)27-23(28)19-13-21(25-16(4)24-19)26-18-11-6-7-12-20(18)29-5/h6-14H,1-5H3,(H,27,28)(H,24,25,26). The highest BCUT2D eigenvalue weighted by Crippen LogP contribution is 2.29. The van der Waals surface area contributed by atoms with Crippen LogP contribution in [0.5, 0.6) is 5.75 Å². The number of nitrogens with zero attached hydrogens (tertiary/aromatic N) is 2. The Labute approximate surface area is 171 Å². The van der Waals surface area contributed by atoms with Gasteiger partial charge in [0.2, 0.25) is 0 Å². The van der Waals surface area contributed by atoms with Gasteiger partial charge in [-0.25, -0.2) is 9.97 Å². The van der Waals surface area contributed by atoms with Crippen LogP contribution in [-0.4, -0.2) is 23.0 Å². The highest BCUT2D eigenvalue weighted by Gasteiger charge is 2.16. The van der Waals surface area contributed by atoms with Gasteiger partial charge >= 0.3 is 0 Å². The highest BCUT2D eigenvalue weighted by molar-refractivity contribution is 6.04. The second kappa shape index (κ2) is 8.73. The third-order valence-electron chi connectivity index (χ3n) is 4.61. The van der Waals surface area contributed by atoms with E-state index in [1.54, 1.807) is 20.1 Å². The summed E-state index contributed by atoms with van der Waals surface area (Å²) >= 11 is 0. The number of aromatic nitrogens is 2. The summed E-state index contributed by atoms with van der Waals surface area (Å²) in [5.74, 6) is 1.75. The SMILES string of the molecule is COc1ccccc1Nc1cc(C(=O)Nc2c(C)cccc2C(C)C)nc(C)n1. The lowest BCUT2D eigenvalue weighted by atomic mass is 9.98. The molecule has 0 bridgehead atoms. The minimum absolute atomic E-state index is 0.269. The third kappa shape index (κ3) is 4.71. The maximum absolute atomic E-state index is 13.0. The number of ether oxygens (including phenoxy) is 1. The van der Waals surface area contributed by atoms with E-state index in [2.05, 4.69) is 34.4 Å². The lowest BCUT2D eigenvalue weighted by Gasteiger charge is -2.16. The van der Waals surface area contributed by atoms with Crippen molar-refractivity contribution in [2.24, 2.45) is 0 Å². The number of hydrogen-bond acceptors (Lipinski definition) is 5. The van der Waals surface area contributed by atoms with E-state index in [1.807, 2.05) is 49.4 Å². The van der Waals surface area contributed by atoms with Gasteiger partial charge in [0.15, 0.2) is 0 Å². The van der Waals surface area contributed by atoms with Crippen LogP contribution in [0.25, 0.3) is 0 Å². The largest absolute Gasteiger partial charge is 0.495 e. The quantitative estimate of drug-likeness (QED) is 0.603. The fourth-order valence-electron chi connectivity index (χ4n) is 3.15. The first-order chi connectivity index (χ1) is 13.9. The van der Waals surface area contributed by atoms with E-state index >= 15 is 0 Å². The number of nitrogens with one attached hydrogen (secondary N) is 2. The molecule has 2 N–H and O–H groups in total. The molecule has 0 spiro atoms. The molecule has 150 valence electrons. The first-order valence-electron chi connectivity index (χ1n) is 9.55. The van der Waals surface area contributed by atoms with E-state index < -0.39 is 0 Å². The molecule has 0 atom stereocenters. The average molecular weight is 390 g/mol. The zero-order chi connectivity index (χ0) is 21.0. The summed E-state index contributed by atoms with van der Waals surface area (Å²) < 4.78 is 5.37. The lowest BCUT2D eigenvalue weighted by molar-refractivity contribution is 0.102. The Balaban J connectivity index is 1.90. The predicted octanol–water partition coefficient (Wildman–Crippen LogP) is 5.22. The second-order valence-corrected chi connectivity index (χ2v) is 7.16. The van der Waals surface area contributed by atoms with Crippen molar-refractivity contribution in [2.75, 3.05) is 17.7 Å². The van der Waals surface area contributed by atoms with Crippen LogP contribution in [0.3, 0.4) is 0 Å². The third-order valence-corrected chi connectivity index (χ3v) is 4.61. The van der Waals surface area contributed by atoms with E-state index in [1.165, 1.54) is 0 Å². The first-order valence-corrected chi connectivity index (χ1v) is 9.55. The number of rotatable bonds is 6. The molecule has 0 aliphatic carbocycles. The van der Waals surface area contributed by atoms with Gasteiger partial charge < -0.3 is 15.4 Å². The van der Waals surface area contributed by atoms with Gasteiger partial charge in [-0.05, 0) is 43.0 Å². The number of benzene rings is 2. The molecule has 6 heteroatoms. The average Bonchev–Trinajstić information content (AvgIpc) is 2.69. The number of carbonyl (C=O) groups is 1. The number of methoxy groups -OCH3 is 1. The summed E-state index contributed by atoms with van der Waals surface area (Å²) in [4.78, 5) is 21.7. The molecule has 2 aromatic carbocycles. The van der Waals surface area contributed by atoms with Gasteiger partial charge in [0.25, 0.3) is 5.91 Å². The van der Waals surface area contributed by atoms with Gasteiger partial charge in [-0.2, -0.15) is 0 Å². The Bertz CT molecular complexity index is 1030. The molecule has 6 nitrogen and oxygen atoms in total. The molecule has 0 aliphatic heterocycles. The molecule has 3 aromatic rings. The smallest absolute Gasteiger partial charge is 0.274 e. The lowest BCUT2D eigenvalue weighted by Crippen LogP contribution is -2.17. The van der Waals surface area contributed by atoms with Gasteiger partial charge in [0.05, 0.1) is 12.8 Å². The summed E-state index contributed by atoms with van der Waals surface area (Å²) in [6.07, 6.45) is 0. The number of para-hydroxylation sites is 3. The minimum atomic E-state index is -0.269. The zero-order valence-corrected chi connectivity index (χ0v) is 17.4. The fraction of sp³-hybridized carbons (Fsp3) is 0.261. The Morgan fingerprint density at radius 1 is 1.03 bits per heavy atom. The van der Waals surface area contributed by atoms with Crippen LogP contribution in [0.15, 0.2) is 48.5 Å². The van der Waals surface area contributed by atoms with Crippen molar-refractivity contribution in [3.05, 3.63) is 71.2 Å². The maximum Gasteiger partial charge on any atom is 0.274 e. The molecule has 29 heavy (non-hydrogen) atoms. The molecule has 0 saturated heterocycles. The Morgan fingerprint density at radius 2 is 1.79 bits per heavy atom. The molecular formula is C23H26N4O2. The van der Waals surface area contributed by atoms with Crippen molar-refractivity contribution >= 4 is 23.1 Å². The number of carbonyl (C=O) groups excluding carboxylic acids is 1. The van der Waals surface area contributed by atoms with Gasteiger partial charge in [-0.1, -0.05) is 44.2 Å². The summed E-state index contributed by atoms with van der Waals surface area (Å²) in [6, 6.07) is 15.2. The zero-order valence-electron chi connectivity index (χ0n) is 17.4. The molecule has 0 fully saturated rings. The van der Waals surface area contributed by atoms with E-state index in [0.29, 0.717) is 29.0 Å². The van der Waals surface area contributed by atoms with Crippen molar-refractivity contribution in [1.82, 2.24) is 9.97 Å². The molecular weight excluding hydrogens is 364 g/mol. The van der Waals surface area contributed by atoms with E-state index in [-0.39, 0.29) is 5.91 Å². The van der Waals surface area contributed by atoms with Crippen LogP contribution < -0.4 is 15.4 Å². The topological polar surface area (TPSA) is 76.1 Å². The number of anilines is 3. The molecule has 3 rings (SSSR count). The Morgan fingerprint density at radius 3 is 2.52 bits per heavy atom. The molecule has 1 heterocycles. The molecule has 0 unspecified atom stereocenters. The summed E-state index contributed by atoms with van der Waals surface area (Å²) in [7, 11) is 1.61. The van der Waals surface area contributed by atoms with Gasteiger partial charge in [-0.15, -0.1) is 0 Å². The summed E-state index contributed by atoms with van der Waals surface area (Å²) in [6.45, 7) is 7.96. The van der Waals surface area contributed by atoms with Crippen LogP contribution in [0.2, 0.25) is 0 Å². The van der Waals surface area contributed by atoms with Crippen LogP contribution in [0, 0.1) is 13.8 Å². The van der Waals surface area contributed by atoms with E-state index in [4.69, 9.17) is 4.74 Å². The Hall–Kier alpha value is -3.41. The van der Waals surface area contributed by atoms with Crippen molar-refractivity contribution in [3.63, 3.8) is 0 Å². The van der Waals surface area contributed by atoms with Crippen LogP contribution in [0.1, 0.15) is 47.2 Å². The number of hydrogen-bond donors (Lipinski definition) is 2. The maximum atomic E-state index is 13.0. The van der Waals surface area contributed by atoms with Crippen molar-refractivity contribution in [3.8, 4) is 5.75 Å². The Kier molecular flexibility index (Phi) is 6.12. The highest BCUT2D eigenvalue weighted by atomic mass is 16.5. The molecule has 0 radical (unpaired) electrons. The normalized spacial score (nSPS) is 10.7. The minimum Gasteiger partial charge on any atom is -0.495 e. The fourth-order valence-corrected chi connectivity index (χ4v) is 3.15. The second-order valence-electron chi connectivity index (χ2n) is 7.16. The summed E-state index contributed by atoms with van der Waals surface area (Å²) in [5.41, 5.74) is 4.01. The van der Waals surface area contributed by atoms with E-state index in [9.17, 15) is 4.79 Å². The van der Waals surface area contributed by atoms with Crippen LogP contribution >= 0.6 is 0 Å². The molecule has 1 amide bonds. The number of aryl methyl sites for hydroxylation is 2.